The highest BCUT2D eigenvalue weighted by molar-refractivity contribution is 4.90. The molecule has 1 atom stereocenters. The molecule has 114 valence electrons. The zero-order valence-corrected chi connectivity index (χ0v) is 9.78. The monoisotopic (exact) mass is 298 g/mol. The number of hydrogen-bond donors (Lipinski definition) is 0. The van der Waals surface area contributed by atoms with Crippen LogP contribution < -0.4 is 0 Å². The molecule has 0 amide bonds. The number of ether oxygens (including phenoxy) is 2. The highest BCUT2D eigenvalue weighted by Gasteiger charge is 2.72. The average molecular weight is 298 g/mol. The van der Waals surface area contributed by atoms with Crippen LogP contribution in [0.4, 0.5) is 30.7 Å². The minimum atomic E-state index is -6.29. The van der Waals surface area contributed by atoms with E-state index in [1.807, 2.05) is 0 Å². The Labute approximate surface area is 104 Å². The molecule has 1 heterocycles. The van der Waals surface area contributed by atoms with Crippen LogP contribution in [0.25, 0.3) is 0 Å². The third-order valence-corrected chi connectivity index (χ3v) is 2.70. The summed E-state index contributed by atoms with van der Waals surface area (Å²) in [7, 11) is 0. The Morgan fingerprint density at radius 2 is 1.68 bits per heavy atom. The summed E-state index contributed by atoms with van der Waals surface area (Å²) in [6.07, 6.45) is -6.88. The maximum absolute atomic E-state index is 12.8. The fourth-order valence-corrected chi connectivity index (χ4v) is 1.56. The Morgan fingerprint density at radius 3 is 2.16 bits per heavy atom. The van der Waals surface area contributed by atoms with Gasteiger partial charge in [-0.15, -0.1) is 0 Å². The van der Waals surface area contributed by atoms with Crippen molar-refractivity contribution in [1.29, 1.82) is 0 Å². The Morgan fingerprint density at radius 1 is 1.05 bits per heavy atom. The highest BCUT2D eigenvalue weighted by atomic mass is 19.4. The van der Waals surface area contributed by atoms with Crippen LogP contribution in [0.5, 0.6) is 0 Å². The van der Waals surface area contributed by atoms with Gasteiger partial charge >= 0.3 is 18.0 Å². The first kappa shape index (κ1) is 16.5. The van der Waals surface area contributed by atoms with E-state index in [2.05, 4.69) is 4.74 Å². The second kappa shape index (κ2) is 5.82. The van der Waals surface area contributed by atoms with Gasteiger partial charge in [0, 0.05) is 13.0 Å². The molecule has 0 spiro atoms. The maximum Gasteiger partial charge on any atom is 0.459 e. The van der Waals surface area contributed by atoms with Crippen molar-refractivity contribution in [3.05, 3.63) is 0 Å². The average Bonchev–Trinajstić information content (AvgIpc) is 2.75. The lowest BCUT2D eigenvalue weighted by molar-refractivity contribution is -0.356. The van der Waals surface area contributed by atoms with Crippen LogP contribution in [0, 0.1) is 0 Å². The van der Waals surface area contributed by atoms with Crippen molar-refractivity contribution in [2.24, 2.45) is 0 Å². The molecule has 0 saturated carbocycles. The molecule has 0 aromatic heterocycles. The van der Waals surface area contributed by atoms with Crippen LogP contribution in [0.15, 0.2) is 0 Å². The van der Waals surface area contributed by atoms with E-state index in [-0.39, 0.29) is 12.7 Å². The Hall–Kier alpha value is -0.570. The van der Waals surface area contributed by atoms with Crippen molar-refractivity contribution in [3.63, 3.8) is 0 Å². The fraction of sp³-hybridized carbons (Fsp3) is 1.00. The molecule has 1 aliphatic rings. The van der Waals surface area contributed by atoms with Crippen LogP contribution in [-0.2, 0) is 9.47 Å². The Balaban J connectivity index is 2.37. The summed E-state index contributed by atoms with van der Waals surface area (Å²) >= 11 is 0. The van der Waals surface area contributed by atoms with E-state index in [1.165, 1.54) is 0 Å². The van der Waals surface area contributed by atoms with Gasteiger partial charge in [0.1, 0.15) is 0 Å². The van der Waals surface area contributed by atoms with E-state index in [1.54, 1.807) is 0 Å². The molecule has 19 heavy (non-hydrogen) atoms. The fourth-order valence-electron chi connectivity index (χ4n) is 1.56. The molecule has 9 heteroatoms. The summed E-state index contributed by atoms with van der Waals surface area (Å²) in [5.41, 5.74) is 0. The molecule has 1 unspecified atom stereocenters. The van der Waals surface area contributed by atoms with Gasteiger partial charge in [-0.25, -0.2) is 0 Å². The molecule has 0 N–H and O–H groups in total. The minimum Gasteiger partial charge on any atom is -0.379 e. The minimum absolute atomic E-state index is 0.0896. The smallest absolute Gasteiger partial charge is 0.379 e. The van der Waals surface area contributed by atoms with E-state index in [0.717, 1.165) is 6.42 Å². The molecule has 1 aliphatic heterocycles. The van der Waals surface area contributed by atoms with Gasteiger partial charge in [-0.1, -0.05) is 0 Å². The van der Waals surface area contributed by atoms with Gasteiger partial charge in [-0.05, 0) is 12.8 Å². The molecular formula is C10H13F7O2. The first-order valence-corrected chi connectivity index (χ1v) is 5.59. The number of halogens is 7. The first-order chi connectivity index (χ1) is 8.58. The second-order valence-electron chi connectivity index (χ2n) is 4.24. The summed E-state index contributed by atoms with van der Waals surface area (Å²) in [6, 6.07) is 0. The molecular weight excluding hydrogens is 285 g/mol. The molecule has 0 aromatic rings. The van der Waals surface area contributed by atoms with Gasteiger partial charge in [-0.2, -0.15) is 30.7 Å². The SMILES string of the molecule is FC(F)(F)C(F)(F)C(F)(F)CCOCC1CCCO1. The van der Waals surface area contributed by atoms with Crippen LogP contribution in [-0.4, -0.2) is 43.9 Å². The number of rotatable bonds is 6. The lowest BCUT2D eigenvalue weighted by Crippen LogP contribution is -2.52. The zero-order chi connectivity index (χ0) is 14.7. The standard InChI is InChI=1S/C10H13F7O2/c11-8(12,9(13,14)10(15,16)17)3-5-18-6-7-2-1-4-19-7/h7H,1-6H2. The molecule has 0 radical (unpaired) electrons. The van der Waals surface area contributed by atoms with Crippen molar-refractivity contribution in [2.75, 3.05) is 19.8 Å². The summed E-state index contributed by atoms with van der Waals surface area (Å²) in [5, 5.41) is 0. The molecule has 1 rings (SSSR count). The quantitative estimate of drug-likeness (QED) is 0.553. The third kappa shape index (κ3) is 3.95. The van der Waals surface area contributed by atoms with Crippen LogP contribution >= 0.6 is 0 Å². The molecule has 1 saturated heterocycles. The Bertz CT molecular complexity index is 284. The van der Waals surface area contributed by atoms with E-state index < -0.39 is 31.0 Å². The largest absolute Gasteiger partial charge is 0.459 e. The summed E-state index contributed by atoms with van der Waals surface area (Å²) in [4.78, 5) is 0. The second-order valence-corrected chi connectivity index (χ2v) is 4.24. The zero-order valence-electron chi connectivity index (χ0n) is 9.78. The van der Waals surface area contributed by atoms with Crippen molar-refractivity contribution >= 4 is 0 Å². The predicted molar refractivity (Wildman–Crippen MR) is 50.4 cm³/mol. The molecule has 0 aromatic carbocycles. The van der Waals surface area contributed by atoms with Gasteiger partial charge in [0.15, 0.2) is 0 Å². The highest BCUT2D eigenvalue weighted by Crippen LogP contribution is 2.47. The molecule has 0 bridgehead atoms. The molecule has 1 fully saturated rings. The summed E-state index contributed by atoms with van der Waals surface area (Å²) < 4.78 is 95.7. The normalized spacial score (nSPS) is 21.9. The van der Waals surface area contributed by atoms with E-state index in [4.69, 9.17) is 4.74 Å². The topological polar surface area (TPSA) is 18.5 Å². The maximum atomic E-state index is 12.8. The van der Waals surface area contributed by atoms with Gasteiger partial charge in [0.25, 0.3) is 0 Å². The lowest BCUT2D eigenvalue weighted by atomic mass is 10.1. The van der Waals surface area contributed by atoms with E-state index >= 15 is 0 Å². The summed E-state index contributed by atoms with van der Waals surface area (Å²) in [5.74, 6) is -11.3. The van der Waals surface area contributed by atoms with Crippen molar-refractivity contribution in [2.45, 2.75) is 43.4 Å². The van der Waals surface area contributed by atoms with Crippen LogP contribution in [0.3, 0.4) is 0 Å². The third-order valence-electron chi connectivity index (χ3n) is 2.70. The van der Waals surface area contributed by atoms with Crippen molar-refractivity contribution in [3.8, 4) is 0 Å². The number of hydrogen-bond acceptors (Lipinski definition) is 2. The van der Waals surface area contributed by atoms with Gasteiger partial charge in [-0.3, -0.25) is 0 Å². The van der Waals surface area contributed by atoms with Gasteiger partial charge in [0.2, 0.25) is 0 Å². The van der Waals surface area contributed by atoms with Crippen molar-refractivity contribution < 1.29 is 40.2 Å². The van der Waals surface area contributed by atoms with E-state index in [0.29, 0.717) is 13.0 Å². The molecule has 2 nitrogen and oxygen atoms in total. The first-order valence-electron chi connectivity index (χ1n) is 5.59. The number of alkyl halides is 7. The predicted octanol–water partition coefficient (Wildman–Crippen LogP) is 3.41. The molecule has 0 aliphatic carbocycles. The summed E-state index contributed by atoms with van der Waals surface area (Å²) in [6.45, 7) is -0.484. The van der Waals surface area contributed by atoms with E-state index in [9.17, 15) is 30.7 Å². The van der Waals surface area contributed by atoms with Gasteiger partial charge in [0.05, 0.1) is 19.3 Å². The Kier molecular flexibility index (Phi) is 5.05. The van der Waals surface area contributed by atoms with Crippen LogP contribution in [0.1, 0.15) is 19.3 Å². The van der Waals surface area contributed by atoms with Crippen LogP contribution in [0.2, 0.25) is 0 Å². The van der Waals surface area contributed by atoms with Crippen molar-refractivity contribution in [1.82, 2.24) is 0 Å². The lowest BCUT2D eigenvalue weighted by Gasteiger charge is -2.28. The van der Waals surface area contributed by atoms with Gasteiger partial charge < -0.3 is 9.47 Å².